The van der Waals surface area contributed by atoms with Crippen LogP contribution < -0.4 is 0 Å². The lowest BCUT2D eigenvalue weighted by Crippen LogP contribution is -2.29. The van der Waals surface area contributed by atoms with Crippen molar-refractivity contribution in [3.05, 3.63) is 35.4 Å². The number of benzene rings is 1. The average Bonchev–Trinajstić information content (AvgIpc) is 2.69. The summed E-state index contributed by atoms with van der Waals surface area (Å²) in [7, 11) is -3.30. The van der Waals surface area contributed by atoms with E-state index < -0.39 is 15.1 Å². The zero-order valence-electron chi connectivity index (χ0n) is 10.6. The summed E-state index contributed by atoms with van der Waals surface area (Å²) in [5.74, 6) is -0.0901. The minimum Gasteiger partial charge on any atom is -0.293 e. The minimum absolute atomic E-state index is 0.130. The minimum atomic E-state index is -3.30. The van der Waals surface area contributed by atoms with Crippen molar-refractivity contribution in [3.63, 3.8) is 0 Å². The lowest BCUT2D eigenvalue weighted by Gasteiger charge is -2.09. The first-order valence-electron chi connectivity index (χ1n) is 6.40. The van der Waals surface area contributed by atoms with Gasteiger partial charge >= 0.3 is 0 Å². The summed E-state index contributed by atoms with van der Waals surface area (Å²) < 4.78 is 24.3. The second-order valence-electron chi connectivity index (χ2n) is 4.79. The van der Waals surface area contributed by atoms with E-state index in [1.165, 1.54) is 0 Å². The molecule has 0 radical (unpaired) electrons. The second-order valence-corrected chi connectivity index (χ2v) is 7.09. The normalized spacial score (nSPS) is 18.9. The largest absolute Gasteiger partial charge is 0.293 e. The van der Waals surface area contributed by atoms with Crippen LogP contribution in [0.2, 0.25) is 0 Å². The van der Waals surface area contributed by atoms with E-state index in [1.807, 2.05) is 19.1 Å². The fourth-order valence-corrected chi connectivity index (χ4v) is 4.17. The van der Waals surface area contributed by atoms with Crippen LogP contribution in [0.5, 0.6) is 0 Å². The number of sulfone groups is 1. The molecule has 1 aliphatic rings. The third kappa shape index (κ3) is 2.48. The molecule has 98 valence electrons. The highest BCUT2D eigenvalue weighted by Crippen LogP contribution is 2.27. The van der Waals surface area contributed by atoms with Gasteiger partial charge in [-0.05, 0) is 18.4 Å². The predicted molar refractivity (Wildman–Crippen MR) is 71.6 cm³/mol. The summed E-state index contributed by atoms with van der Waals surface area (Å²) in [6.45, 7) is 2.03. The smallest absolute Gasteiger partial charge is 0.181 e. The molecule has 0 saturated carbocycles. The van der Waals surface area contributed by atoms with E-state index in [0.29, 0.717) is 18.4 Å². The number of fused-ring (bicyclic) bond motifs is 1. The molecular formula is C14H18O3S. The molecule has 1 atom stereocenters. The summed E-state index contributed by atoms with van der Waals surface area (Å²) in [6, 6.07) is 7.19. The summed E-state index contributed by atoms with van der Waals surface area (Å²) in [5.41, 5.74) is 1.45. The Kier molecular flexibility index (Phi) is 3.85. The molecule has 2 rings (SSSR count). The molecule has 1 unspecified atom stereocenters. The fourth-order valence-electron chi connectivity index (χ4n) is 2.39. The summed E-state index contributed by atoms with van der Waals surface area (Å²) >= 11 is 0. The number of carbonyl (C=O) groups excluding carboxylic acids is 1. The zero-order chi connectivity index (χ0) is 13.2. The van der Waals surface area contributed by atoms with Crippen molar-refractivity contribution < 1.29 is 13.2 Å². The van der Waals surface area contributed by atoms with Gasteiger partial charge in [0.25, 0.3) is 0 Å². The van der Waals surface area contributed by atoms with Crippen LogP contribution in [0.25, 0.3) is 0 Å². The van der Waals surface area contributed by atoms with Crippen molar-refractivity contribution in [1.82, 2.24) is 0 Å². The molecule has 0 aromatic heterocycles. The maximum absolute atomic E-state index is 12.2. The van der Waals surface area contributed by atoms with Gasteiger partial charge < -0.3 is 0 Å². The number of hydrogen-bond donors (Lipinski definition) is 0. The van der Waals surface area contributed by atoms with E-state index >= 15 is 0 Å². The first kappa shape index (κ1) is 13.3. The van der Waals surface area contributed by atoms with Gasteiger partial charge in [0.1, 0.15) is 5.25 Å². The van der Waals surface area contributed by atoms with Crippen LogP contribution in [-0.2, 0) is 16.3 Å². The number of rotatable bonds is 5. The van der Waals surface area contributed by atoms with Gasteiger partial charge in [0.05, 0.1) is 5.75 Å². The summed E-state index contributed by atoms with van der Waals surface area (Å²) in [4.78, 5) is 12.1. The molecule has 0 saturated heterocycles. The molecular weight excluding hydrogens is 248 g/mol. The molecule has 0 heterocycles. The Morgan fingerprint density at radius 3 is 2.61 bits per heavy atom. The van der Waals surface area contributed by atoms with Crippen molar-refractivity contribution in [2.24, 2.45) is 0 Å². The van der Waals surface area contributed by atoms with E-state index in [4.69, 9.17) is 0 Å². The van der Waals surface area contributed by atoms with Crippen molar-refractivity contribution >= 4 is 15.6 Å². The topological polar surface area (TPSA) is 51.2 Å². The van der Waals surface area contributed by atoms with Crippen LogP contribution in [0.15, 0.2) is 24.3 Å². The maximum atomic E-state index is 12.2. The number of ketones is 1. The van der Waals surface area contributed by atoms with Gasteiger partial charge in [-0.1, -0.05) is 44.0 Å². The molecule has 3 nitrogen and oxygen atoms in total. The van der Waals surface area contributed by atoms with Gasteiger partial charge in [-0.25, -0.2) is 8.42 Å². The third-order valence-electron chi connectivity index (χ3n) is 3.45. The van der Waals surface area contributed by atoms with Gasteiger partial charge in [0.2, 0.25) is 0 Å². The van der Waals surface area contributed by atoms with Crippen LogP contribution in [-0.4, -0.2) is 25.2 Å². The Balaban J connectivity index is 2.15. The first-order chi connectivity index (χ1) is 8.56. The van der Waals surface area contributed by atoms with Gasteiger partial charge in [-0.15, -0.1) is 0 Å². The van der Waals surface area contributed by atoms with Crippen molar-refractivity contribution in [2.75, 3.05) is 5.75 Å². The highest BCUT2D eigenvalue weighted by atomic mass is 32.2. The molecule has 18 heavy (non-hydrogen) atoms. The van der Waals surface area contributed by atoms with Gasteiger partial charge in [-0.2, -0.15) is 0 Å². The molecule has 0 bridgehead atoms. The quantitative estimate of drug-likeness (QED) is 0.769. The molecule has 0 spiro atoms. The Labute approximate surface area is 108 Å². The van der Waals surface area contributed by atoms with Crippen LogP contribution in [0.4, 0.5) is 0 Å². The van der Waals surface area contributed by atoms with Crippen LogP contribution in [0.3, 0.4) is 0 Å². The molecule has 0 amide bonds. The van der Waals surface area contributed by atoms with Crippen LogP contribution in [0, 0.1) is 0 Å². The van der Waals surface area contributed by atoms with E-state index in [2.05, 4.69) is 0 Å². The lowest BCUT2D eigenvalue weighted by atomic mass is 10.1. The Bertz CT molecular complexity index is 546. The predicted octanol–water partition coefficient (Wildman–Crippen LogP) is 2.40. The Hall–Kier alpha value is -1.16. The molecule has 0 fully saturated rings. The standard InChI is InChI=1S/C14H18O3S/c1-2-3-6-9-18(16,17)13-10-11-7-4-5-8-12(11)14(13)15/h4-5,7-8,13H,2-3,6,9-10H2,1H3. The average molecular weight is 266 g/mol. The molecule has 1 aromatic rings. The molecule has 0 N–H and O–H groups in total. The zero-order valence-corrected chi connectivity index (χ0v) is 11.4. The highest BCUT2D eigenvalue weighted by Gasteiger charge is 2.38. The maximum Gasteiger partial charge on any atom is 0.181 e. The summed E-state index contributed by atoms with van der Waals surface area (Å²) in [6.07, 6.45) is 2.88. The molecule has 4 heteroatoms. The molecule has 1 aromatic carbocycles. The van der Waals surface area contributed by atoms with Gasteiger partial charge in [0, 0.05) is 5.56 Å². The Morgan fingerprint density at radius 2 is 1.94 bits per heavy atom. The number of carbonyl (C=O) groups is 1. The van der Waals surface area contributed by atoms with Crippen molar-refractivity contribution in [2.45, 2.75) is 37.9 Å². The third-order valence-corrected chi connectivity index (χ3v) is 5.55. The van der Waals surface area contributed by atoms with Crippen LogP contribution >= 0.6 is 0 Å². The van der Waals surface area contributed by atoms with E-state index in [9.17, 15) is 13.2 Å². The molecule has 1 aliphatic carbocycles. The monoisotopic (exact) mass is 266 g/mol. The van der Waals surface area contributed by atoms with E-state index in [0.717, 1.165) is 18.4 Å². The summed E-state index contributed by atoms with van der Waals surface area (Å²) in [5, 5.41) is -0.841. The Morgan fingerprint density at radius 1 is 1.22 bits per heavy atom. The number of Topliss-reactive ketones (excluding diaryl/α,β-unsaturated/α-hetero) is 1. The first-order valence-corrected chi connectivity index (χ1v) is 8.11. The van der Waals surface area contributed by atoms with Gasteiger partial charge in [-0.3, -0.25) is 4.79 Å². The van der Waals surface area contributed by atoms with Crippen molar-refractivity contribution in [3.8, 4) is 0 Å². The number of unbranched alkanes of at least 4 members (excludes halogenated alkanes) is 2. The number of hydrogen-bond acceptors (Lipinski definition) is 3. The lowest BCUT2D eigenvalue weighted by molar-refractivity contribution is 0.0998. The highest BCUT2D eigenvalue weighted by molar-refractivity contribution is 7.92. The fraction of sp³-hybridized carbons (Fsp3) is 0.500. The molecule has 0 aliphatic heterocycles. The van der Waals surface area contributed by atoms with Gasteiger partial charge in [0.15, 0.2) is 15.6 Å². The SMILES string of the molecule is CCCCCS(=O)(=O)C1Cc2ccccc2C1=O. The van der Waals surface area contributed by atoms with E-state index in [1.54, 1.807) is 12.1 Å². The van der Waals surface area contributed by atoms with Crippen molar-refractivity contribution in [1.29, 1.82) is 0 Å². The van der Waals surface area contributed by atoms with E-state index in [-0.39, 0.29) is 11.5 Å². The van der Waals surface area contributed by atoms with Crippen LogP contribution in [0.1, 0.15) is 42.1 Å². The second kappa shape index (κ2) is 5.22.